The lowest BCUT2D eigenvalue weighted by Gasteiger charge is -2.00. The molecule has 1 aromatic rings. The Morgan fingerprint density at radius 2 is 2.15 bits per heavy atom. The van der Waals surface area contributed by atoms with Crippen LogP contribution in [0.3, 0.4) is 0 Å². The van der Waals surface area contributed by atoms with Crippen LogP contribution in [0.4, 0.5) is 0 Å². The van der Waals surface area contributed by atoms with Crippen molar-refractivity contribution in [3.8, 4) is 0 Å². The largest absolute Gasteiger partial charge is 0.502 e. The summed E-state index contributed by atoms with van der Waals surface area (Å²) in [5, 5.41) is 0. The first-order valence-electron chi connectivity index (χ1n) is 5.13. The zero-order chi connectivity index (χ0) is 10.2. The van der Waals surface area contributed by atoms with Gasteiger partial charge in [0.1, 0.15) is 0 Å². The maximum Gasteiger partial charge on any atom is 0.0876 e. The van der Waals surface area contributed by atoms with E-state index < -0.39 is 6.58 Å². The average Bonchev–Trinajstić information content (AvgIpc) is 2.25. The van der Waals surface area contributed by atoms with E-state index >= 15 is 0 Å². The van der Waals surface area contributed by atoms with Gasteiger partial charge in [0.25, 0.3) is 0 Å². The van der Waals surface area contributed by atoms with Crippen molar-refractivity contribution >= 4 is 0 Å². The Labute approximate surface area is 81.4 Å². The Kier molecular flexibility index (Phi) is 4.05. The molecule has 0 spiro atoms. The number of aryl methyl sites for hydroxylation is 1. The molecule has 0 saturated carbocycles. The lowest BCUT2D eigenvalue weighted by molar-refractivity contribution is 0.244. The molecule has 1 nitrogen and oxygen atoms in total. The van der Waals surface area contributed by atoms with Crippen molar-refractivity contribution in [2.24, 2.45) is 0 Å². The number of benzene rings is 1. The van der Waals surface area contributed by atoms with Gasteiger partial charge in [-0.3, -0.25) is 0 Å². The van der Waals surface area contributed by atoms with Crippen LogP contribution in [-0.4, -0.2) is 6.58 Å². The first kappa shape index (κ1) is 8.36. The molecule has 1 aromatic carbocycles. The van der Waals surface area contributed by atoms with Gasteiger partial charge < -0.3 is 4.74 Å². The lowest BCUT2D eigenvalue weighted by Crippen LogP contribution is -1.91. The van der Waals surface area contributed by atoms with Crippen molar-refractivity contribution < 1.29 is 6.11 Å². The molecule has 13 heavy (non-hydrogen) atoms. The second kappa shape index (κ2) is 6.30. The minimum absolute atomic E-state index is 0.452. The summed E-state index contributed by atoms with van der Waals surface area (Å²) < 4.78 is 12.7. The molecule has 0 fully saturated rings. The molecule has 1 rings (SSSR count). The molecule has 70 valence electrons. The molecule has 0 amide bonds. The third-order valence-electron chi connectivity index (χ3n) is 1.70. The second-order valence-electron chi connectivity index (χ2n) is 2.80. The minimum Gasteiger partial charge on any atom is -0.502 e. The Morgan fingerprint density at radius 3 is 2.85 bits per heavy atom. The van der Waals surface area contributed by atoms with Crippen LogP contribution in [0.5, 0.6) is 0 Å². The lowest BCUT2D eigenvalue weighted by atomic mass is 10.1. The molecular weight excluding hydrogens is 160 g/mol. The summed E-state index contributed by atoms with van der Waals surface area (Å²) in [7, 11) is 0. The zero-order valence-electron chi connectivity index (χ0n) is 8.94. The van der Waals surface area contributed by atoms with Crippen LogP contribution in [0.15, 0.2) is 42.7 Å². The Bertz CT molecular complexity index is 269. The van der Waals surface area contributed by atoms with Gasteiger partial charge in [-0.15, -0.1) is 0 Å². The molecular formula is C12H16O. The van der Waals surface area contributed by atoms with E-state index in [4.69, 9.17) is 6.11 Å². The van der Waals surface area contributed by atoms with Crippen LogP contribution < -0.4 is 0 Å². The highest BCUT2D eigenvalue weighted by Crippen LogP contribution is 2.02. The molecule has 1 heteroatoms. The van der Waals surface area contributed by atoms with Crippen LogP contribution in [0.25, 0.3) is 0 Å². The molecule has 0 N–H and O–H groups in total. The van der Waals surface area contributed by atoms with Crippen molar-refractivity contribution in [1.29, 1.82) is 0 Å². The molecule has 0 aliphatic carbocycles. The molecule has 1 unspecified atom stereocenters. The molecule has 0 aliphatic rings. The summed E-state index contributed by atoms with van der Waals surface area (Å²) in [6.07, 6.45) is 4.99. The van der Waals surface area contributed by atoms with Crippen molar-refractivity contribution in [2.45, 2.75) is 19.8 Å². The maximum absolute atomic E-state index is 7.55. The van der Waals surface area contributed by atoms with Crippen molar-refractivity contribution in [2.75, 3.05) is 6.58 Å². The molecule has 0 heterocycles. The molecule has 0 aromatic heterocycles. The van der Waals surface area contributed by atoms with Crippen molar-refractivity contribution in [3.63, 3.8) is 0 Å². The SMILES string of the molecule is [2H]C(CCc1ccccc1)O/C=C/C. The predicted molar refractivity (Wildman–Crippen MR) is 55.5 cm³/mol. The van der Waals surface area contributed by atoms with Gasteiger partial charge >= 0.3 is 0 Å². The van der Waals surface area contributed by atoms with Gasteiger partial charge in [0.15, 0.2) is 0 Å². The van der Waals surface area contributed by atoms with E-state index in [2.05, 4.69) is 12.1 Å². The Balaban J connectivity index is 2.27. The van der Waals surface area contributed by atoms with Gasteiger partial charge in [0, 0.05) is 0 Å². The summed E-state index contributed by atoms with van der Waals surface area (Å²) in [5.41, 5.74) is 1.26. The van der Waals surface area contributed by atoms with E-state index in [9.17, 15) is 0 Å². The number of hydrogen-bond acceptors (Lipinski definition) is 1. The molecule has 0 aliphatic heterocycles. The smallest absolute Gasteiger partial charge is 0.0876 e. The number of ether oxygens (including phenoxy) is 1. The minimum atomic E-state index is -0.452. The third kappa shape index (κ3) is 4.36. The highest BCUT2D eigenvalue weighted by atomic mass is 16.5. The van der Waals surface area contributed by atoms with Crippen molar-refractivity contribution in [1.82, 2.24) is 0 Å². The Hall–Kier alpha value is -1.24. The summed E-state index contributed by atoms with van der Waals surface area (Å²) in [6, 6.07) is 10.2. The number of allylic oxidation sites excluding steroid dienone is 1. The van der Waals surface area contributed by atoms with Crippen LogP contribution in [0.2, 0.25) is 0 Å². The fourth-order valence-electron chi connectivity index (χ4n) is 1.07. The molecule has 0 radical (unpaired) electrons. The van der Waals surface area contributed by atoms with E-state index in [1.54, 1.807) is 12.3 Å². The van der Waals surface area contributed by atoms with Gasteiger partial charge in [0.05, 0.1) is 14.2 Å². The average molecular weight is 177 g/mol. The quantitative estimate of drug-likeness (QED) is 0.628. The van der Waals surface area contributed by atoms with Crippen molar-refractivity contribution in [3.05, 3.63) is 48.2 Å². The van der Waals surface area contributed by atoms with E-state index in [1.165, 1.54) is 5.56 Å². The monoisotopic (exact) mass is 177 g/mol. The van der Waals surface area contributed by atoms with Crippen LogP contribution >= 0.6 is 0 Å². The van der Waals surface area contributed by atoms with Crippen LogP contribution in [0.1, 0.15) is 20.3 Å². The molecule has 0 bridgehead atoms. The third-order valence-corrected chi connectivity index (χ3v) is 1.70. The van der Waals surface area contributed by atoms with E-state index in [0.29, 0.717) is 0 Å². The Morgan fingerprint density at radius 1 is 1.38 bits per heavy atom. The summed E-state index contributed by atoms with van der Waals surface area (Å²) in [6.45, 7) is 1.43. The number of hydrogen-bond donors (Lipinski definition) is 0. The fraction of sp³-hybridized carbons (Fsp3) is 0.333. The fourth-order valence-corrected chi connectivity index (χ4v) is 1.07. The highest BCUT2D eigenvalue weighted by molar-refractivity contribution is 5.14. The maximum atomic E-state index is 7.55. The first-order valence-corrected chi connectivity index (χ1v) is 4.55. The van der Waals surface area contributed by atoms with E-state index in [-0.39, 0.29) is 0 Å². The van der Waals surface area contributed by atoms with Gasteiger partial charge in [-0.2, -0.15) is 0 Å². The zero-order valence-corrected chi connectivity index (χ0v) is 7.94. The summed E-state index contributed by atoms with van der Waals surface area (Å²) in [5.74, 6) is 0. The van der Waals surface area contributed by atoms with E-state index in [1.807, 2.05) is 25.1 Å². The van der Waals surface area contributed by atoms with Crippen LogP contribution in [0, 0.1) is 0 Å². The normalized spacial score (nSPS) is 14.1. The second-order valence-corrected chi connectivity index (χ2v) is 2.80. The number of rotatable bonds is 5. The first-order chi connectivity index (χ1) is 6.83. The van der Waals surface area contributed by atoms with Gasteiger partial charge in [-0.05, 0) is 25.3 Å². The summed E-state index contributed by atoms with van der Waals surface area (Å²) in [4.78, 5) is 0. The van der Waals surface area contributed by atoms with Crippen LogP contribution in [-0.2, 0) is 11.2 Å². The predicted octanol–water partition coefficient (Wildman–Crippen LogP) is 3.17. The summed E-state index contributed by atoms with van der Waals surface area (Å²) >= 11 is 0. The molecule has 1 atom stereocenters. The van der Waals surface area contributed by atoms with Gasteiger partial charge in [-0.25, -0.2) is 0 Å². The van der Waals surface area contributed by atoms with E-state index in [0.717, 1.165) is 12.8 Å². The topological polar surface area (TPSA) is 9.23 Å². The van der Waals surface area contributed by atoms with Gasteiger partial charge in [-0.1, -0.05) is 36.4 Å². The standard InChI is InChI=1S/C12H16O/c1-2-10-13-11-6-9-12-7-4-3-5-8-12/h2-5,7-8,10H,6,9,11H2,1H3/b10-2+/i11D. The highest BCUT2D eigenvalue weighted by Gasteiger charge is 1.90. The van der Waals surface area contributed by atoms with Gasteiger partial charge in [0.2, 0.25) is 0 Å². The molecule has 0 saturated heterocycles.